The van der Waals surface area contributed by atoms with Crippen LogP contribution in [0.3, 0.4) is 0 Å². The van der Waals surface area contributed by atoms with Crippen LogP contribution in [0, 0.1) is 0 Å². The molecule has 0 N–H and O–H groups in total. The molecule has 2 nitrogen and oxygen atoms in total. The summed E-state index contributed by atoms with van der Waals surface area (Å²) in [6.07, 6.45) is 0. The third-order valence-electron chi connectivity index (χ3n) is 11.1. The largest absolute Gasteiger partial charge is 0.455 e. The maximum atomic E-state index is 6.59. The number of hydrogen-bond donors (Lipinski definition) is 0. The van der Waals surface area contributed by atoms with Gasteiger partial charge in [0.25, 0.3) is 0 Å². The molecule has 1 aromatic heterocycles. The van der Waals surface area contributed by atoms with Gasteiger partial charge in [0.2, 0.25) is 0 Å². The number of anilines is 3. The summed E-state index contributed by atoms with van der Waals surface area (Å²) >= 11 is 0. The fraction of sp³-hybridized carbons (Fsp3) is 0.0588. The van der Waals surface area contributed by atoms with Crippen LogP contribution in [0.4, 0.5) is 17.1 Å². The lowest BCUT2D eigenvalue weighted by molar-refractivity contribution is 0.660. The first kappa shape index (κ1) is 31.1. The first-order valence-electron chi connectivity index (χ1n) is 18.3. The molecule has 53 heavy (non-hydrogen) atoms. The lowest BCUT2D eigenvalue weighted by Gasteiger charge is -2.28. The summed E-state index contributed by atoms with van der Waals surface area (Å²) in [4.78, 5) is 2.39. The van der Waals surface area contributed by atoms with Crippen molar-refractivity contribution >= 4 is 39.0 Å². The Hall–Kier alpha value is -6.64. The normalized spacial score (nSPS) is 12.9. The summed E-state index contributed by atoms with van der Waals surface area (Å²) in [7, 11) is 0. The molecule has 0 fully saturated rings. The lowest BCUT2D eigenvalue weighted by atomic mass is 9.82. The van der Waals surface area contributed by atoms with Crippen molar-refractivity contribution in [2.24, 2.45) is 0 Å². The van der Waals surface area contributed by atoms with Gasteiger partial charge in [-0.05, 0) is 98.6 Å². The van der Waals surface area contributed by atoms with E-state index in [0.717, 1.165) is 61.3 Å². The highest BCUT2D eigenvalue weighted by Crippen LogP contribution is 2.51. The van der Waals surface area contributed by atoms with Gasteiger partial charge < -0.3 is 9.32 Å². The number of hydrogen-bond acceptors (Lipinski definition) is 2. The zero-order valence-electron chi connectivity index (χ0n) is 29.8. The zero-order chi connectivity index (χ0) is 35.5. The Balaban J connectivity index is 1.11. The van der Waals surface area contributed by atoms with E-state index in [4.69, 9.17) is 4.42 Å². The van der Waals surface area contributed by atoms with Gasteiger partial charge in [0.15, 0.2) is 0 Å². The predicted molar refractivity (Wildman–Crippen MR) is 222 cm³/mol. The van der Waals surface area contributed by atoms with E-state index in [2.05, 4.69) is 201 Å². The van der Waals surface area contributed by atoms with Crippen molar-refractivity contribution < 1.29 is 4.42 Å². The van der Waals surface area contributed by atoms with E-state index >= 15 is 0 Å². The van der Waals surface area contributed by atoms with E-state index in [9.17, 15) is 0 Å². The van der Waals surface area contributed by atoms with E-state index < -0.39 is 0 Å². The minimum Gasteiger partial charge on any atom is -0.455 e. The molecule has 252 valence electrons. The second kappa shape index (κ2) is 12.3. The smallest absolute Gasteiger partial charge is 0.143 e. The number of fused-ring (bicyclic) bond motifs is 6. The molecule has 1 heterocycles. The van der Waals surface area contributed by atoms with Gasteiger partial charge in [0, 0.05) is 38.8 Å². The minimum absolute atomic E-state index is 0.0994. The van der Waals surface area contributed by atoms with Crippen LogP contribution in [0.15, 0.2) is 192 Å². The van der Waals surface area contributed by atoms with Crippen LogP contribution >= 0.6 is 0 Å². The number of benzene rings is 8. The first-order chi connectivity index (χ1) is 26.0. The minimum atomic E-state index is -0.0994. The van der Waals surface area contributed by atoms with Gasteiger partial charge in [0.05, 0.1) is 0 Å². The molecule has 0 radical (unpaired) electrons. The average molecular weight is 680 g/mol. The summed E-state index contributed by atoms with van der Waals surface area (Å²) < 4.78 is 6.59. The Morgan fingerprint density at radius 2 is 0.943 bits per heavy atom. The first-order valence-corrected chi connectivity index (χ1v) is 18.3. The Bertz CT molecular complexity index is 2780. The Morgan fingerprint density at radius 3 is 1.68 bits per heavy atom. The average Bonchev–Trinajstić information content (AvgIpc) is 3.71. The molecule has 0 aliphatic heterocycles. The molecule has 0 saturated carbocycles. The van der Waals surface area contributed by atoms with Gasteiger partial charge in [0.1, 0.15) is 11.2 Å². The van der Waals surface area contributed by atoms with Gasteiger partial charge in [-0.3, -0.25) is 0 Å². The lowest BCUT2D eigenvalue weighted by Crippen LogP contribution is -2.16. The van der Waals surface area contributed by atoms with Crippen LogP contribution in [0.25, 0.3) is 66.4 Å². The third-order valence-corrected chi connectivity index (χ3v) is 11.1. The van der Waals surface area contributed by atoms with E-state index in [1.165, 1.54) is 33.4 Å². The molecule has 8 aromatic carbocycles. The Labute approximate surface area is 310 Å². The predicted octanol–water partition coefficient (Wildman–Crippen LogP) is 14.4. The fourth-order valence-corrected chi connectivity index (χ4v) is 8.42. The summed E-state index contributed by atoms with van der Waals surface area (Å²) in [6.45, 7) is 4.69. The van der Waals surface area contributed by atoms with Gasteiger partial charge in [-0.1, -0.05) is 153 Å². The SMILES string of the molecule is CC1(C)c2ccccc2-c2ccc(N(c3ccc(-c4ccccc4)cc3)c3ccc(-c4ccc5c(oc6ccccc65)c4-c4ccccc4)cc3)cc21. The van der Waals surface area contributed by atoms with Crippen molar-refractivity contribution in [2.45, 2.75) is 19.3 Å². The summed E-state index contributed by atoms with van der Waals surface area (Å²) in [5.41, 5.74) is 17.4. The van der Waals surface area contributed by atoms with Crippen LogP contribution in [0.1, 0.15) is 25.0 Å². The van der Waals surface area contributed by atoms with Gasteiger partial charge in [-0.15, -0.1) is 0 Å². The van der Waals surface area contributed by atoms with Crippen LogP contribution in [-0.2, 0) is 5.41 Å². The van der Waals surface area contributed by atoms with Crippen LogP contribution < -0.4 is 4.90 Å². The van der Waals surface area contributed by atoms with E-state index in [-0.39, 0.29) is 5.41 Å². The van der Waals surface area contributed by atoms with Gasteiger partial charge in [-0.2, -0.15) is 0 Å². The molecule has 2 heteroatoms. The highest BCUT2D eigenvalue weighted by molar-refractivity contribution is 6.12. The van der Waals surface area contributed by atoms with Crippen molar-refractivity contribution in [3.8, 4) is 44.5 Å². The number of nitrogens with zero attached hydrogens (tertiary/aromatic N) is 1. The van der Waals surface area contributed by atoms with Crippen LogP contribution in [-0.4, -0.2) is 0 Å². The molecular weight excluding hydrogens is 643 g/mol. The molecule has 1 aliphatic carbocycles. The van der Waals surface area contributed by atoms with Crippen molar-refractivity contribution in [2.75, 3.05) is 4.90 Å². The molecule has 1 aliphatic rings. The quantitative estimate of drug-likeness (QED) is 0.174. The van der Waals surface area contributed by atoms with Crippen LogP contribution in [0.5, 0.6) is 0 Å². The van der Waals surface area contributed by atoms with Gasteiger partial charge >= 0.3 is 0 Å². The maximum absolute atomic E-state index is 6.59. The molecule has 0 spiro atoms. The van der Waals surface area contributed by atoms with Crippen molar-refractivity contribution in [3.63, 3.8) is 0 Å². The van der Waals surface area contributed by atoms with Crippen molar-refractivity contribution in [3.05, 3.63) is 199 Å². The zero-order valence-corrected chi connectivity index (χ0v) is 29.8. The second-order valence-corrected chi connectivity index (χ2v) is 14.5. The maximum Gasteiger partial charge on any atom is 0.143 e. The Morgan fingerprint density at radius 1 is 0.396 bits per heavy atom. The molecule has 0 amide bonds. The van der Waals surface area contributed by atoms with E-state index in [0.29, 0.717) is 0 Å². The van der Waals surface area contributed by atoms with Crippen molar-refractivity contribution in [1.29, 1.82) is 0 Å². The number of furan rings is 1. The van der Waals surface area contributed by atoms with Crippen molar-refractivity contribution in [1.82, 2.24) is 0 Å². The molecule has 0 atom stereocenters. The molecule has 0 saturated heterocycles. The highest BCUT2D eigenvalue weighted by Gasteiger charge is 2.35. The van der Waals surface area contributed by atoms with Gasteiger partial charge in [-0.25, -0.2) is 0 Å². The van der Waals surface area contributed by atoms with Crippen LogP contribution in [0.2, 0.25) is 0 Å². The standard InChI is InChI=1S/C51H37NO/c1-51(2)46-19-11-9-17-42(46)43-30-29-40(33-47(43)51)52(38-25-21-35(22-26-38)34-13-5-3-6-14-34)39-27-23-36(24-28-39)41-31-32-45-44-18-10-12-20-48(44)53-50(45)49(41)37-15-7-4-8-16-37/h3-33H,1-2H3. The summed E-state index contributed by atoms with van der Waals surface area (Å²) in [5.74, 6) is 0. The molecular formula is C51H37NO. The van der Waals surface area contributed by atoms with E-state index in [1.54, 1.807) is 0 Å². The summed E-state index contributed by atoms with van der Waals surface area (Å²) in [6, 6.07) is 67.8. The number of para-hydroxylation sites is 1. The molecule has 0 unspecified atom stereocenters. The van der Waals surface area contributed by atoms with E-state index in [1.807, 2.05) is 6.07 Å². The fourth-order valence-electron chi connectivity index (χ4n) is 8.42. The third kappa shape index (κ3) is 5.10. The highest BCUT2D eigenvalue weighted by atomic mass is 16.3. The molecule has 10 rings (SSSR count). The second-order valence-electron chi connectivity index (χ2n) is 14.5. The monoisotopic (exact) mass is 679 g/mol. The topological polar surface area (TPSA) is 16.4 Å². The molecule has 0 bridgehead atoms. The molecule has 9 aromatic rings. The number of rotatable bonds is 6. The summed E-state index contributed by atoms with van der Waals surface area (Å²) in [5, 5.41) is 2.27. The Kier molecular flexibility index (Phi) is 7.19.